The molecule has 0 aliphatic carbocycles. The lowest BCUT2D eigenvalue weighted by Gasteiger charge is -2.12. The van der Waals surface area contributed by atoms with E-state index in [9.17, 15) is 19.2 Å². The van der Waals surface area contributed by atoms with Crippen molar-refractivity contribution in [2.24, 2.45) is 14.1 Å². The van der Waals surface area contributed by atoms with Gasteiger partial charge in [-0.05, 0) is 74.2 Å². The lowest BCUT2D eigenvalue weighted by atomic mass is 10.1. The number of hydrogen-bond donors (Lipinski definition) is 1. The third-order valence-electron chi connectivity index (χ3n) is 5.04. The van der Waals surface area contributed by atoms with E-state index in [1.165, 1.54) is 14.1 Å². The van der Waals surface area contributed by atoms with Crippen molar-refractivity contribution in [3.8, 4) is 5.75 Å². The normalized spacial score (nSPS) is 10.7. The van der Waals surface area contributed by atoms with E-state index in [1.807, 2.05) is 19.1 Å². The molecule has 3 aromatic rings. The fourth-order valence-corrected chi connectivity index (χ4v) is 4.77. The Hall–Kier alpha value is -3.18. The predicted molar refractivity (Wildman–Crippen MR) is 133 cm³/mol. The van der Waals surface area contributed by atoms with Crippen LogP contribution in [0.2, 0.25) is 0 Å². The monoisotopic (exact) mass is 593 g/mol. The number of halogens is 2. The molecule has 0 aliphatic heterocycles. The van der Waals surface area contributed by atoms with Crippen LogP contribution in [0, 0.1) is 6.92 Å². The summed E-state index contributed by atoms with van der Waals surface area (Å²) < 4.78 is 14.3. The van der Waals surface area contributed by atoms with Crippen LogP contribution < -0.4 is 21.7 Å². The molecule has 1 heterocycles. The van der Waals surface area contributed by atoms with E-state index in [0.29, 0.717) is 5.75 Å². The summed E-state index contributed by atoms with van der Waals surface area (Å²) in [5.41, 5.74) is 5.94. The van der Waals surface area contributed by atoms with Gasteiger partial charge in [0.25, 0.3) is 5.56 Å². The molecular weight excluding hydrogens is 574 g/mol. The van der Waals surface area contributed by atoms with Gasteiger partial charge in [-0.2, -0.15) is 0 Å². The van der Waals surface area contributed by atoms with Crippen LogP contribution in [0.5, 0.6) is 5.75 Å². The molecule has 178 valence electrons. The van der Waals surface area contributed by atoms with Crippen molar-refractivity contribution in [3.05, 3.63) is 88.4 Å². The first-order valence-corrected chi connectivity index (χ1v) is 11.5. The van der Waals surface area contributed by atoms with Crippen LogP contribution in [0.1, 0.15) is 31.8 Å². The number of esters is 1. The lowest BCUT2D eigenvalue weighted by Crippen LogP contribution is -2.42. The predicted octanol–water partition coefficient (Wildman–Crippen LogP) is 3.12. The molecule has 34 heavy (non-hydrogen) atoms. The average molecular weight is 595 g/mol. The molecule has 0 fully saturated rings. The number of aryl methyl sites for hydroxylation is 1. The molecule has 0 spiro atoms. The fourth-order valence-electron chi connectivity index (χ4n) is 3.13. The number of carbonyl (C=O) groups is 2. The van der Waals surface area contributed by atoms with E-state index >= 15 is 0 Å². The van der Waals surface area contributed by atoms with Crippen LogP contribution in [0.4, 0.5) is 5.82 Å². The van der Waals surface area contributed by atoms with Crippen LogP contribution in [-0.4, -0.2) is 27.5 Å². The van der Waals surface area contributed by atoms with Gasteiger partial charge in [0.05, 0.1) is 14.5 Å². The largest absolute Gasteiger partial charge is 0.487 e. The van der Waals surface area contributed by atoms with E-state index in [-0.39, 0.29) is 18.0 Å². The number of nitrogen functional groups attached to an aromatic ring is 1. The number of anilines is 1. The van der Waals surface area contributed by atoms with Crippen LogP contribution >= 0.6 is 31.9 Å². The minimum atomic E-state index is -0.849. The standard InChI is InChI=1S/C23H21Br2N3O6/c1-12-8-15(24)19(16(25)9-12)33-10-13-4-6-14(7-5-13)22(31)34-11-17(29)18-20(26)27(2)23(32)28(3)21(18)30/h4-9H,10-11,26H2,1-3H3. The summed E-state index contributed by atoms with van der Waals surface area (Å²) in [5, 5.41) is 0. The van der Waals surface area contributed by atoms with Gasteiger partial charge in [0.15, 0.2) is 6.61 Å². The van der Waals surface area contributed by atoms with E-state index < -0.39 is 35.2 Å². The summed E-state index contributed by atoms with van der Waals surface area (Å²) in [6.45, 7) is 1.54. The van der Waals surface area contributed by atoms with Crippen LogP contribution in [0.25, 0.3) is 0 Å². The molecule has 9 nitrogen and oxygen atoms in total. The minimum absolute atomic E-state index is 0.218. The Balaban J connectivity index is 1.64. The Morgan fingerprint density at radius 3 is 2.18 bits per heavy atom. The number of ketones is 1. The maximum atomic E-state index is 12.5. The highest BCUT2D eigenvalue weighted by atomic mass is 79.9. The van der Waals surface area contributed by atoms with Crippen molar-refractivity contribution in [2.75, 3.05) is 12.3 Å². The van der Waals surface area contributed by atoms with Gasteiger partial charge in [0.1, 0.15) is 23.7 Å². The Bertz CT molecular complexity index is 1370. The maximum Gasteiger partial charge on any atom is 0.338 e. The van der Waals surface area contributed by atoms with Gasteiger partial charge in [-0.15, -0.1) is 0 Å². The smallest absolute Gasteiger partial charge is 0.338 e. The first kappa shape index (κ1) is 25.4. The first-order valence-electron chi connectivity index (χ1n) is 9.94. The van der Waals surface area contributed by atoms with Gasteiger partial charge in [-0.3, -0.25) is 18.7 Å². The molecule has 0 saturated heterocycles. The summed E-state index contributed by atoms with van der Waals surface area (Å²) in [5.74, 6) is -1.17. The zero-order valence-corrected chi connectivity index (χ0v) is 21.7. The number of aromatic nitrogens is 2. The third-order valence-corrected chi connectivity index (χ3v) is 6.22. The molecular formula is C23H21Br2N3O6. The lowest BCUT2D eigenvalue weighted by molar-refractivity contribution is 0.0474. The molecule has 3 rings (SSSR count). The number of carbonyl (C=O) groups excluding carboxylic acids is 2. The molecule has 0 unspecified atom stereocenters. The van der Waals surface area contributed by atoms with Crippen molar-refractivity contribution in [1.82, 2.24) is 9.13 Å². The average Bonchev–Trinajstić information content (AvgIpc) is 2.79. The van der Waals surface area contributed by atoms with Crippen molar-refractivity contribution in [1.29, 1.82) is 0 Å². The summed E-state index contributed by atoms with van der Waals surface area (Å²) in [4.78, 5) is 49.0. The number of rotatable bonds is 7. The molecule has 0 radical (unpaired) electrons. The highest BCUT2D eigenvalue weighted by Crippen LogP contribution is 2.35. The molecule has 0 atom stereocenters. The van der Waals surface area contributed by atoms with Crippen molar-refractivity contribution >= 4 is 49.4 Å². The second-order valence-corrected chi connectivity index (χ2v) is 9.22. The topological polar surface area (TPSA) is 123 Å². The first-order chi connectivity index (χ1) is 16.0. The Labute approximate surface area is 211 Å². The molecule has 2 N–H and O–H groups in total. The molecule has 0 bridgehead atoms. The Morgan fingerprint density at radius 1 is 1.00 bits per heavy atom. The Kier molecular flexibility index (Phi) is 7.78. The summed E-state index contributed by atoms with van der Waals surface area (Å²) >= 11 is 6.96. The zero-order chi connectivity index (χ0) is 25.2. The summed E-state index contributed by atoms with van der Waals surface area (Å²) in [7, 11) is 2.57. The number of Topliss-reactive ketones (excluding diaryl/α,β-unsaturated/α-hetero) is 1. The SMILES string of the molecule is Cc1cc(Br)c(OCc2ccc(C(=O)OCC(=O)c3c(N)n(C)c(=O)n(C)c3=O)cc2)c(Br)c1. The quantitative estimate of drug-likeness (QED) is 0.329. The summed E-state index contributed by atoms with van der Waals surface area (Å²) in [6.07, 6.45) is 0. The molecule has 0 aliphatic rings. The van der Waals surface area contributed by atoms with Gasteiger partial charge in [0, 0.05) is 14.1 Å². The van der Waals surface area contributed by atoms with E-state index in [2.05, 4.69) is 31.9 Å². The van der Waals surface area contributed by atoms with Crippen molar-refractivity contribution < 1.29 is 19.1 Å². The van der Waals surface area contributed by atoms with E-state index in [4.69, 9.17) is 15.2 Å². The summed E-state index contributed by atoms with van der Waals surface area (Å²) in [6, 6.07) is 10.4. The van der Waals surface area contributed by atoms with Crippen LogP contribution in [-0.2, 0) is 25.4 Å². The van der Waals surface area contributed by atoms with Crippen LogP contribution in [0.15, 0.2) is 54.9 Å². The number of ether oxygens (including phenoxy) is 2. The zero-order valence-electron chi connectivity index (χ0n) is 18.6. The van der Waals surface area contributed by atoms with Crippen molar-refractivity contribution in [2.45, 2.75) is 13.5 Å². The maximum absolute atomic E-state index is 12.5. The highest BCUT2D eigenvalue weighted by Gasteiger charge is 2.21. The minimum Gasteiger partial charge on any atom is -0.487 e. The van der Waals surface area contributed by atoms with Gasteiger partial charge in [-0.25, -0.2) is 9.59 Å². The third kappa shape index (κ3) is 5.31. The van der Waals surface area contributed by atoms with Gasteiger partial charge in [-0.1, -0.05) is 12.1 Å². The van der Waals surface area contributed by atoms with Gasteiger partial charge >= 0.3 is 11.7 Å². The number of nitrogens with two attached hydrogens (primary N) is 1. The van der Waals surface area contributed by atoms with Crippen LogP contribution in [0.3, 0.4) is 0 Å². The molecule has 11 heteroatoms. The number of nitrogens with zero attached hydrogens (tertiary/aromatic N) is 2. The van der Waals surface area contributed by atoms with E-state index in [1.54, 1.807) is 24.3 Å². The second-order valence-electron chi connectivity index (χ2n) is 7.51. The molecule has 1 aromatic heterocycles. The highest BCUT2D eigenvalue weighted by molar-refractivity contribution is 9.11. The fraction of sp³-hybridized carbons (Fsp3) is 0.217. The van der Waals surface area contributed by atoms with Gasteiger partial charge < -0.3 is 15.2 Å². The molecule has 0 amide bonds. The molecule has 2 aromatic carbocycles. The Morgan fingerprint density at radius 2 is 1.59 bits per heavy atom. The number of benzene rings is 2. The van der Waals surface area contributed by atoms with Gasteiger partial charge in [0.2, 0.25) is 5.78 Å². The second kappa shape index (κ2) is 10.4. The number of hydrogen-bond acceptors (Lipinski definition) is 7. The molecule has 0 saturated carbocycles. The van der Waals surface area contributed by atoms with E-state index in [0.717, 1.165) is 29.2 Å². The van der Waals surface area contributed by atoms with Crippen molar-refractivity contribution in [3.63, 3.8) is 0 Å².